The van der Waals surface area contributed by atoms with E-state index in [0.29, 0.717) is 18.0 Å². The molecule has 1 fully saturated rings. The van der Waals surface area contributed by atoms with Crippen molar-refractivity contribution in [2.24, 2.45) is 5.73 Å². The molecule has 0 radical (unpaired) electrons. The average molecular weight is 311 g/mol. The first-order valence-corrected chi connectivity index (χ1v) is 8.87. The monoisotopic (exact) mass is 311 g/mol. The van der Waals surface area contributed by atoms with Gasteiger partial charge in [-0.2, -0.15) is 4.31 Å². The molecular formula is C15H25N3O2S. The molecule has 1 aliphatic rings. The molecule has 0 aliphatic carbocycles. The van der Waals surface area contributed by atoms with E-state index < -0.39 is 10.0 Å². The Morgan fingerprint density at radius 2 is 1.95 bits per heavy atom. The largest absolute Gasteiger partial charge is 0.326 e. The molecule has 0 aromatic heterocycles. The van der Waals surface area contributed by atoms with Gasteiger partial charge < -0.3 is 10.6 Å². The average Bonchev–Trinajstić information content (AvgIpc) is 2.97. The minimum Gasteiger partial charge on any atom is -0.326 e. The summed E-state index contributed by atoms with van der Waals surface area (Å²) < 4.78 is 26.7. The van der Waals surface area contributed by atoms with E-state index in [0.717, 1.165) is 30.8 Å². The van der Waals surface area contributed by atoms with E-state index in [1.807, 2.05) is 13.0 Å². The Kier molecular flexibility index (Phi) is 5.37. The van der Waals surface area contributed by atoms with Crippen molar-refractivity contribution in [2.45, 2.75) is 31.2 Å². The quantitative estimate of drug-likeness (QED) is 0.856. The summed E-state index contributed by atoms with van der Waals surface area (Å²) in [6.45, 7) is 5.73. The lowest BCUT2D eigenvalue weighted by atomic mass is 10.1. The first kappa shape index (κ1) is 16.4. The van der Waals surface area contributed by atoms with Crippen LogP contribution in [0, 0.1) is 6.92 Å². The molecule has 6 heteroatoms. The second-order valence-electron chi connectivity index (χ2n) is 5.68. The molecule has 1 aromatic rings. The number of sulfonamides is 1. The minimum atomic E-state index is -3.42. The Balaban J connectivity index is 2.09. The Labute approximate surface area is 127 Å². The molecule has 118 valence electrons. The second-order valence-corrected chi connectivity index (χ2v) is 7.69. The molecule has 0 unspecified atom stereocenters. The van der Waals surface area contributed by atoms with Crippen LogP contribution in [0.1, 0.15) is 24.0 Å². The molecule has 1 saturated heterocycles. The van der Waals surface area contributed by atoms with Crippen molar-refractivity contribution in [3.05, 3.63) is 29.3 Å². The van der Waals surface area contributed by atoms with Gasteiger partial charge in [0.15, 0.2) is 0 Å². The van der Waals surface area contributed by atoms with E-state index >= 15 is 0 Å². The van der Waals surface area contributed by atoms with Crippen LogP contribution in [-0.4, -0.2) is 50.8 Å². The van der Waals surface area contributed by atoms with Crippen molar-refractivity contribution in [1.82, 2.24) is 9.21 Å². The van der Waals surface area contributed by atoms with Crippen LogP contribution >= 0.6 is 0 Å². The zero-order chi connectivity index (χ0) is 15.5. The van der Waals surface area contributed by atoms with Crippen molar-refractivity contribution in [2.75, 3.05) is 33.2 Å². The lowest BCUT2D eigenvalue weighted by Crippen LogP contribution is -2.35. The number of benzene rings is 1. The summed E-state index contributed by atoms with van der Waals surface area (Å²) >= 11 is 0. The zero-order valence-electron chi connectivity index (χ0n) is 12.9. The third-order valence-corrected chi connectivity index (χ3v) is 6.11. The van der Waals surface area contributed by atoms with Gasteiger partial charge in [0.05, 0.1) is 4.90 Å². The van der Waals surface area contributed by atoms with Crippen molar-refractivity contribution >= 4 is 10.0 Å². The number of nitrogens with zero attached hydrogens (tertiary/aromatic N) is 2. The number of hydrogen-bond donors (Lipinski definition) is 1. The Morgan fingerprint density at radius 1 is 1.29 bits per heavy atom. The molecule has 1 heterocycles. The van der Waals surface area contributed by atoms with Gasteiger partial charge in [0.25, 0.3) is 0 Å². The summed E-state index contributed by atoms with van der Waals surface area (Å²) in [4.78, 5) is 2.69. The predicted molar refractivity (Wildman–Crippen MR) is 84.6 cm³/mol. The number of hydrogen-bond acceptors (Lipinski definition) is 4. The highest BCUT2D eigenvalue weighted by Gasteiger charge is 2.23. The van der Waals surface area contributed by atoms with Gasteiger partial charge in [-0.25, -0.2) is 8.42 Å². The van der Waals surface area contributed by atoms with Gasteiger partial charge in [-0.15, -0.1) is 0 Å². The second kappa shape index (κ2) is 6.87. The van der Waals surface area contributed by atoms with Crippen molar-refractivity contribution < 1.29 is 8.42 Å². The summed E-state index contributed by atoms with van der Waals surface area (Å²) in [5.74, 6) is 0. The fraction of sp³-hybridized carbons (Fsp3) is 0.600. The van der Waals surface area contributed by atoms with Crippen LogP contribution in [-0.2, 0) is 16.6 Å². The molecule has 2 N–H and O–H groups in total. The van der Waals surface area contributed by atoms with E-state index in [1.165, 1.54) is 17.1 Å². The first-order valence-electron chi connectivity index (χ1n) is 7.43. The lowest BCUT2D eigenvalue weighted by molar-refractivity contribution is 0.310. The standard InChI is InChI=1S/C15H25N3O2S/c1-13-11-14(12-16)5-6-15(13)21(19,20)17(2)9-10-18-7-3-4-8-18/h5-6,11H,3-4,7-10,12,16H2,1-2H3. The van der Waals surface area contributed by atoms with E-state index in [9.17, 15) is 8.42 Å². The molecule has 21 heavy (non-hydrogen) atoms. The molecular weight excluding hydrogens is 286 g/mol. The van der Waals surface area contributed by atoms with E-state index in [4.69, 9.17) is 5.73 Å². The lowest BCUT2D eigenvalue weighted by Gasteiger charge is -2.22. The summed E-state index contributed by atoms with van der Waals surface area (Å²) in [5, 5.41) is 0. The van der Waals surface area contributed by atoms with Crippen molar-refractivity contribution in [1.29, 1.82) is 0 Å². The Morgan fingerprint density at radius 3 is 2.52 bits per heavy atom. The van der Waals surface area contributed by atoms with Gasteiger partial charge in [-0.1, -0.05) is 12.1 Å². The number of rotatable bonds is 6. The van der Waals surface area contributed by atoms with E-state index in [-0.39, 0.29) is 0 Å². The van der Waals surface area contributed by atoms with Crippen LogP contribution in [0.2, 0.25) is 0 Å². The fourth-order valence-electron chi connectivity index (χ4n) is 2.70. The van der Waals surface area contributed by atoms with Gasteiger partial charge >= 0.3 is 0 Å². The van der Waals surface area contributed by atoms with E-state index in [1.54, 1.807) is 19.2 Å². The SMILES string of the molecule is Cc1cc(CN)ccc1S(=O)(=O)N(C)CCN1CCCC1. The molecule has 0 bridgehead atoms. The van der Waals surface area contributed by atoms with Crippen LogP contribution in [0.4, 0.5) is 0 Å². The smallest absolute Gasteiger partial charge is 0.243 e. The maximum atomic E-state index is 12.6. The molecule has 0 spiro atoms. The first-order chi connectivity index (χ1) is 9.95. The van der Waals surface area contributed by atoms with Crippen molar-refractivity contribution in [3.63, 3.8) is 0 Å². The van der Waals surface area contributed by atoms with Crippen LogP contribution < -0.4 is 5.73 Å². The van der Waals surface area contributed by atoms with Gasteiger partial charge in [-0.05, 0) is 50.0 Å². The number of nitrogens with two attached hydrogens (primary N) is 1. The maximum Gasteiger partial charge on any atom is 0.243 e. The number of likely N-dealkylation sites (tertiary alicyclic amines) is 1. The minimum absolute atomic E-state index is 0.378. The van der Waals surface area contributed by atoms with Gasteiger partial charge in [-0.3, -0.25) is 0 Å². The summed E-state index contributed by atoms with van der Waals surface area (Å²) in [6, 6.07) is 5.30. The summed E-state index contributed by atoms with van der Waals surface area (Å²) in [7, 11) is -1.77. The number of likely N-dealkylation sites (N-methyl/N-ethyl adjacent to an activating group) is 1. The van der Waals surface area contributed by atoms with Crippen LogP contribution in [0.5, 0.6) is 0 Å². The van der Waals surface area contributed by atoms with Gasteiger partial charge in [0.2, 0.25) is 10.0 Å². The molecule has 1 aliphatic heterocycles. The zero-order valence-corrected chi connectivity index (χ0v) is 13.7. The van der Waals surface area contributed by atoms with Crippen LogP contribution in [0.15, 0.2) is 23.1 Å². The molecule has 1 aromatic carbocycles. The van der Waals surface area contributed by atoms with Gasteiger partial charge in [0.1, 0.15) is 0 Å². The normalized spacial score (nSPS) is 16.8. The highest BCUT2D eigenvalue weighted by Crippen LogP contribution is 2.20. The Hall–Kier alpha value is -0.950. The fourth-order valence-corrected chi connectivity index (χ4v) is 4.07. The highest BCUT2D eigenvalue weighted by atomic mass is 32.2. The summed E-state index contributed by atoms with van der Waals surface area (Å²) in [6.07, 6.45) is 2.44. The van der Waals surface area contributed by atoms with Crippen LogP contribution in [0.25, 0.3) is 0 Å². The Bertz CT molecular complexity index is 581. The van der Waals surface area contributed by atoms with Crippen LogP contribution in [0.3, 0.4) is 0 Å². The van der Waals surface area contributed by atoms with E-state index in [2.05, 4.69) is 4.90 Å². The molecule has 0 atom stereocenters. The topological polar surface area (TPSA) is 66.6 Å². The predicted octanol–water partition coefficient (Wildman–Crippen LogP) is 1.17. The third-order valence-electron chi connectivity index (χ3n) is 4.09. The summed E-state index contributed by atoms with van der Waals surface area (Å²) in [5.41, 5.74) is 7.30. The van der Waals surface area contributed by atoms with Gasteiger partial charge in [0, 0.05) is 26.7 Å². The number of aryl methyl sites for hydroxylation is 1. The maximum absolute atomic E-state index is 12.6. The molecule has 5 nitrogen and oxygen atoms in total. The molecule has 0 amide bonds. The van der Waals surface area contributed by atoms with Crippen molar-refractivity contribution in [3.8, 4) is 0 Å². The third kappa shape index (κ3) is 3.83. The molecule has 2 rings (SSSR count). The highest BCUT2D eigenvalue weighted by molar-refractivity contribution is 7.89. The molecule has 0 saturated carbocycles.